The summed E-state index contributed by atoms with van der Waals surface area (Å²) < 4.78 is 13.7. The molecule has 10 heterocycles. The van der Waals surface area contributed by atoms with Gasteiger partial charge in [0.15, 0.2) is 0 Å². The van der Waals surface area contributed by atoms with E-state index in [-0.39, 0.29) is 0 Å². The van der Waals surface area contributed by atoms with Gasteiger partial charge in [0, 0.05) is 16.3 Å². The van der Waals surface area contributed by atoms with E-state index in [1.165, 1.54) is 115 Å². The van der Waals surface area contributed by atoms with Crippen LogP contribution in [0.5, 0.6) is 0 Å². The van der Waals surface area contributed by atoms with E-state index >= 15 is 0 Å². The van der Waals surface area contributed by atoms with Crippen LogP contribution in [0.4, 0.5) is 0 Å². The molecule has 0 radical (unpaired) electrons. The first-order valence-electron chi connectivity index (χ1n) is 22.9. The molecule has 0 unspecified atom stereocenters. The van der Waals surface area contributed by atoms with E-state index in [0.29, 0.717) is 58.0 Å². The van der Waals surface area contributed by atoms with Gasteiger partial charge in [0.2, 0.25) is 0 Å². The summed E-state index contributed by atoms with van der Waals surface area (Å²) in [6, 6.07) is 55.8. The van der Waals surface area contributed by atoms with Crippen LogP contribution in [0, 0.1) is 34.6 Å². The molecule has 0 atom stereocenters. The van der Waals surface area contributed by atoms with Crippen LogP contribution in [-0.2, 0) is 0 Å². The van der Waals surface area contributed by atoms with E-state index < -0.39 is 0 Å². The van der Waals surface area contributed by atoms with Gasteiger partial charge >= 0.3 is 352 Å². The van der Waals surface area contributed by atoms with Crippen molar-refractivity contribution in [1.29, 1.82) is 0 Å². The predicted molar refractivity (Wildman–Crippen MR) is 306 cm³/mol. The Labute approximate surface area is 433 Å². The first-order chi connectivity index (χ1) is 34.3. The summed E-state index contributed by atoms with van der Waals surface area (Å²) in [7, 11) is 0. The van der Waals surface area contributed by atoms with Crippen molar-refractivity contribution in [1.82, 2.24) is 24.9 Å². The summed E-state index contributed by atoms with van der Waals surface area (Å²) in [4.78, 5) is 22.4. The third kappa shape index (κ3) is 9.41. The molecule has 0 bridgehead atoms. The number of hydrogen-bond acceptors (Lipinski definition) is 6. The van der Waals surface area contributed by atoms with Crippen LogP contribution in [0.1, 0.15) is 27.9 Å². The molecule has 0 aliphatic rings. The van der Waals surface area contributed by atoms with Crippen LogP contribution < -0.4 is 0 Å². The molecular formula is C60H45N5SSe4. The van der Waals surface area contributed by atoms with E-state index in [0.717, 1.165) is 11.2 Å². The molecule has 0 fully saturated rings. The zero-order valence-corrected chi connectivity index (χ0v) is 46.8. The van der Waals surface area contributed by atoms with Crippen molar-refractivity contribution in [2.45, 2.75) is 34.6 Å². The van der Waals surface area contributed by atoms with Crippen molar-refractivity contribution in [3.05, 3.63) is 210 Å². The molecule has 15 rings (SSSR count). The molecule has 340 valence electrons. The summed E-state index contributed by atoms with van der Waals surface area (Å²) in [6.07, 6.45) is 7.63. The van der Waals surface area contributed by atoms with Crippen LogP contribution in [-0.4, -0.2) is 82.9 Å². The fraction of sp³-hybridized carbons (Fsp3) is 0.0833. The molecule has 0 aliphatic carbocycles. The SMILES string of the molecule is Cc1ccc2c(n1)[se]c1ccccc12.Cc1cccc2[se]c3ncccc3c12.Cc1cccc2c1sc1cccnc12.Cc1ccnc2[se]c3ccccc3c12.Cc1cnc2[se]c3ccccc3c2c1. The summed E-state index contributed by atoms with van der Waals surface area (Å²) in [5.41, 5.74) is 7.56. The summed E-state index contributed by atoms with van der Waals surface area (Å²) in [5.74, 6) is 0. The average molecular weight is 1180 g/mol. The van der Waals surface area contributed by atoms with Gasteiger partial charge in [-0.25, -0.2) is 0 Å². The van der Waals surface area contributed by atoms with Crippen molar-refractivity contribution in [2.24, 2.45) is 0 Å². The van der Waals surface area contributed by atoms with E-state index in [9.17, 15) is 0 Å². The number of pyridine rings is 5. The number of rotatable bonds is 0. The monoisotopic (exact) mass is 1190 g/mol. The first-order valence-corrected chi connectivity index (χ1v) is 30.6. The van der Waals surface area contributed by atoms with Gasteiger partial charge in [0.1, 0.15) is 0 Å². The Bertz CT molecular complexity index is 4210. The van der Waals surface area contributed by atoms with E-state index in [4.69, 9.17) is 0 Å². The summed E-state index contributed by atoms with van der Waals surface area (Å²) in [6.45, 7) is 10.6. The fourth-order valence-corrected chi connectivity index (χ4v) is 19.2. The van der Waals surface area contributed by atoms with Gasteiger partial charge in [-0.05, 0) is 24.6 Å². The number of aryl methyl sites for hydroxylation is 5. The Morgan fingerprint density at radius 1 is 0.371 bits per heavy atom. The van der Waals surface area contributed by atoms with Crippen molar-refractivity contribution >= 4 is 167 Å². The van der Waals surface area contributed by atoms with Crippen LogP contribution in [0.2, 0.25) is 0 Å². The first kappa shape index (κ1) is 46.5. The Balaban J connectivity index is 0.0000000952. The standard InChI is InChI=1S/C12H9NS.4C12H9NSe/c1-8-4-2-5-9-11-10(14-12(8)9)6-3-7-13-11;1-8-4-2-6-10-11(8)9-5-3-7-13-12(9)14-10;1-8-6-10-9-4-2-3-5-11(9)14-12(10)13-7-8;1-8-6-7-10-9-4-2-3-5-11(9)14-12(10)13-8;1-8-6-7-13-12-11(8)9-4-2-3-5-10(9)14-12/h5*2-7H,1H3. The molecule has 0 aliphatic heterocycles. The quantitative estimate of drug-likeness (QED) is 0.142. The Morgan fingerprint density at radius 3 is 1.76 bits per heavy atom. The van der Waals surface area contributed by atoms with Crippen LogP contribution in [0.15, 0.2) is 183 Å². The third-order valence-corrected chi connectivity index (χ3v) is 22.6. The molecule has 0 saturated carbocycles. The third-order valence-electron chi connectivity index (χ3n) is 12.2. The Kier molecular flexibility index (Phi) is 13.6. The number of aromatic nitrogens is 5. The number of hydrogen-bond donors (Lipinski definition) is 0. The van der Waals surface area contributed by atoms with Crippen LogP contribution >= 0.6 is 11.3 Å². The molecule has 10 aromatic heterocycles. The van der Waals surface area contributed by atoms with Crippen molar-refractivity contribution in [2.75, 3.05) is 0 Å². The molecule has 5 aromatic carbocycles. The van der Waals surface area contributed by atoms with Gasteiger partial charge in [-0.2, -0.15) is 0 Å². The maximum atomic E-state index is 4.60. The number of thiophene rings is 1. The average Bonchev–Trinajstić information content (AvgIpc) is 4.21. The second kappa shape index (κ2) is 20.5. The number of fused-ring (bicyclic) bond motifs is 15. The minimum absolute atomic E-state index is 0.415. The van der Waals surface area contributed by atoms with Crippen LogP contribution in [0.25, 0.3) is 98.0 Å². The van der Waals surface area contributed by atoms with Crippen molar-refractivity contribution in [3.8, 4) is 0 Å². The van der Waals surface area contributed by atoms with Crippen molar-refractivity contribution in [3.63, 3.8) is 0 Å². The summed E-state index contributed by atoms with van der Waals surface area (Å²) >= 11 is 3.49. The maximum absolute atomic E-state index is 4.60. The van der Waals surface area contributed by atoms with Gasteiger partial charge < -0.3 is 0 Å². The summed E-state index contributed by atoms with van der Waals surface area (Å²) in [5, 5.41) is 12.3. The molecular weight excluding hydrogens is 1140 g/mol. The van der Waals surface area contributed by atoms with E-state index in [2.05, 4.69) is 205 Å². The molecule has 0 amide bonds. The second-order valence-corrected chi connectivity index (χ2v) is 26.8. The van der Waals surface area contributed by atoms with Gasteiger partial charge in [-0.15, -0.1) is 11.3 Å². The molecule has 0 saturated heterocycles. The fourth-order valence-electron chi connectivity index (χ4n) is 8.81. The molecule has 0 spiro atoms. The normalized spacial score (nSPS) is 11.2. The van der Waals surface area contributed by atoms with Gasteiger partial charge in [-0.1, -0.05) is 18.2 Å². The zero-order valence-electron chi connectivity index (χ0n) is 39.1. The van der Waals surface area contributed by atoms with Gasteiger partial charge in [0.05, 0.1) is 10.2 Å². The Morgan fingerprint density at radius 2 is 0.943 bits per heavy atom. The second-order valence-electron chi connectivity index (χ2n) is 17.1. The molecule has 5 nitrogen and oxygen atoms in total. The zero-order chi connectivity index (χ0) is 47.7. The molecule has 70 heavy (non-hydrogen) atoms. The topological polar surface area (TPSA) is 64.5 Å². The van der Waals surface area contributed by atoms with Crippen LogP contribution in [0.3, 0.4) is 0 Å². The predicted octanol–water partition coefficient (Wildman–Crippen LogP) is 14.8. The Hall–Kier alpha value is -5.85. The number of nitrogens with zero attached hydrogens (tertiary/aromatic N) is 5. The van der Waals surface area contributed by atoms with E-state index in [1.807, 2.05) is 48.3 Å². The van der Waals surface area contributed by atoms with Crippen molar-refractivity contribution < 1.29 is 0 Å². The molecule has 0 N–H and O–H groups in total. The van der Waals surface area contributed by atoms with Gasteiger partial charge in [0.25, 0.3) is 0 Å². The molecule has 15 aromatic rings. The molecule has 10 heteroatoms. The van der Waals surface area contributed by atoms with E-state index in [1.54, 1.807) is 0 Å². The van der Waals surface area contributed by atoms with Gasteiger partial charge in [-0.3, -0.25) is 4.98 Å². The number of benzene rings is 5. The minimum atomic E-state index is 0.415.